The van der Waals surface area contributed by atoms with E-state index in [0.717, 1.165) is 38.8 Å². The number of rotatable bonds is 6. The van der Waals surface area contributed by atoms with Crippen LogP contribution in [0.25, 0.3) is 0 Å². The van der Waals surface area contributed by atoms with Gasteiger partial charge in [0.2, 0.25) is 0 Å². The molecule has 0 amide bonds. The quantitative estimate of drug-likeness (QED) is 0.718. The van der Waals surface area contributed by atoms with Gasteiger partial charge in [0.25, 0.3) is 0 Å². The summed E-state index contributed by atoms with van der Waals surface area (Å²) in [4.78, 5) is 2.46. The number of nitrogens with zero attached hydrogens (tertiary/aromatic N) is 1. The van der Waals surface area contributed by atoms with E-state index >= 15 is 0 Å². The molecule has 1 aliphatic carbocycles. The van der Waals surface area contributed by atoms with E-state index < -0.39 is 0 Å². The van der Waals surface area contributed by atoms with Crippen LogP contribution in [-0.2, 0) is 0 Å². The van der Waals surface area contributed by atoms with Gasteiger partial charge in [0, 0.05) is 12.0 Å². The Hall–Kier alpha value is -0.520. The molecular weight excluding hydrogens is 210 g/mol. The number of aliphatic hydroxyl groups is 1. The third-order valence-corrected chi connectivity index (χ3v) is 4.20. The van der Waals surface area contributed by atoms with Crippen molar-refractivity contribution in [2.75, 3.05) is 13.1 Å². The fraction of sp³-hybridized carbons (Fsp3) is 0.867. The number of aliphatic hydroxyl groups excluding tert-OH is 1. The molecule has 0 saturated heterocycles. The van der Waals surface area contributed by atoms with Crippen molar-refractivity contribution in [3.05, 3.63) is 0 Å². The molecule has 0 spiro atoms. The summed E-state index contributed by atoms with van der Waals surface area (Å²) in [6.45, 7) is 8.33. The molecule has 17 heavy (non-hydrogen) atoms. The van der Waals surface area contributed by atoms with Crippen LogP contribution in [0.2, 0.25) is 0 Å². The molecule has 1 unspecified atom stereocenters. The predicted molar refractivity (Wildman–Crippen MR) is 72.8 cm³/mol. The minimum atomic E-state index is -0.217. The van der Waals surface area contributed by atoms with Crippen LogP contribution in [0.1, 0.15) is 59.3 Å². The summed E-state index contributed by atoms with van der Waals surface area (Å²) in [5.41, 5.74) is 0.0406. The van der Waals surface area contributed by atoms with E-state index in [-0.39, 0.29) is 11.6 Å². The highest BCUT2D eigenvalue weighted by Gasteiger charge is 2.43. The SMILES string of the molecule is CC#CCCC(O)C1(N(CC)CC)CCCC1. The molecule has 0 radical (unpaired) electrons. The largest absolute Gasteiger partial charge is 0.391 e. The highest BCUT2D eigenvalue weighted by Crippen LogP contribution is 2.39. The normalized spacial score (nSPS) is 20.1. The van der Waals surface area contributed by atoms with Gasteiger partial charge in [-0.3, -0.25) is 4.90 Å². The molecule has 1 atom stereocenters. The minimum Gasteiger partial charge on any atom is -0.391 e. The molecular formula is C15H27NO. The van der Waals surface area contributed by atoms with Crippen LogP contribution in [0.15, 0.2) is 0 Å². The van der Waals surface area contributed by atoms with Gasteiger partial charge in [-0.1, -0.05) is 26.7 Å². The standard InChI is InChI=1S/C15H27NO/c1-4-7-8-11-14(17)15(12-9-10-13-15)16(5-2)6-3/h14,17H,5-6,8-13H2,1-3H3. The van der Waals surface area contributed by atoms with Crippen LogP contribution in [0.4, 0.5) is 0 Å². The molecule has 1 rings (SSSR count). The Morgan fingerprint density at radius 1 is 1.24 bits per heavy atom. The van der Waals surface area contributed by atoms with E-state index in [0.29, 0.717) is 0 Å². The monoisotopic (exact) mass is 237 g/mol. The molecule has 1 saturated carbocycles. The first-order valence-electron chi connectivity index (χ1n) is 7.04. The predicted octanol–water partition coefficient (Wildman–Crippen LogP) is 2.81. The lowest BCUT2D eigenvalue weighted by Crippen LogP contribution is -2.54. The second-order valence-electron chi connectivity index (χ2n) is 4.96. The van der Waals surface area contributed by atoms with Crippen molar-refractivity contribution in [3.63, 3.8) is 0 Å². The van der Waals surface area contributed by atoms with Gasteiger partial charge >= 0.3 is 0 Å². The molecule has 98 valence electrons. The second-order valence-corrected chi connectivity index (χ2v) is 4.96. The first-order chi connectivity index (χ1) is 8.21. The van der Waals surface area contributed by atoms with Crippen molar-refractivity contribution >= 4 is 0 Å². The van der Waals surface area contributed by atoms with Gasteiger partial charge in [0.1, 0.15) is 0 Å². The Morgan fingerprint density at radius 2 is 1.82 bits per heavy atom. The molecule has 2 heteroatoms. The maximum Gasteiger partial charge on any atom is 0.0732 e. The van der Waals surface area contributed by atoms with Crippen LogP contribution in [0, 0.1) is 11.8 Å². The van der Waals surface area contributed by atoms with Gasteiger partial charge in [0.15, 0.2) is 0 Å². The lowest BCUT2D eigenvalue weighted by Gasteiger charge is -2.44. The van der Waals surface area contributed by atoms with Gasteiger partial charge < -0.3 is 5.11 Å². The zero-order valence-corrected chi connectivity index (χ0v) is 11.6. The van der Waals surface area contributed by atoms with Crippen molar-refractivity contribution in [3.8, 4) is 11.8 Å². The Kier molecular flexibility index (Phi) is 6.02. The molecule has 0 aromatic carbocycles. The molecule has 0 aromatic heterocycles. The van der Waals surface area contributed by atoms with Gasteiger partial charge in [-0.15, -0.1) is 11.8 Å². The second kappa shape index (κ2) is 7.03. The Balaban J connectivity index is 2.71. The summed E-state index contributed by atoms with van der Waals surface area (Å²) in [5.74, 6) is 5.97. The van der Waals surface area contributed by atoms with Crippen molar-refractivity contribution in [2.24, 2.45) is 0 Å². The number of hydrogen-bond acceptors (Lipinski definition) is 2. The van der Waals surface area contributed by atoms with Crippen LogP contribution >= 0.6 is 0 Å². The van der Waals surface area contributed by atoms with Crippen LogP contribution < -0.4 is 0 Å². The van der Waals surface area contributed by atoms with Crippen LogP contribution in [0.5, 0.6) is 0 Å². The fourth-order valence-corrected chi connectivity index (χ4v) is 3.30. The molecule has 0 aliphatic heterocycles. The van der Waals surface area contributed by atoms with Crippen LogP contribution in [0.3, 0.4) is 0 Å². The van der Waals surface area contributed by atoms with E-state index in [9.17, 15) is 5.11 Å². The molecule has 0 bridgehead atoms. The lowest BCUT2D eigenvalue weighted by atomic mass is 9.85. The fourth-order valence-electron chi connectivity index (χ4n) is 3.30. The van der Waals surface area contributed by atoms with Crippen molar-refractivity contribution in [1.82, 2.24) is 4.90 Å². The van der Waals surface area contributed by atoms with Crippen molar-refractivity contribution in [1.29, 1.82) is 0 Å². The van der Waals surface area contributed by atoms with E-state index in [2.05, 4.69) is 30.6 Å². The molecule has 0 heterocycles. The molecule has 0 aromatic rings. The average molecular weight is 237 g/mol. The Morgan fingerprint density at radius 3 is 2.29 bits per heavy atom. The van der Waals surface area contributed by atoms with Gasteiger partial charge in [0.05, 0.1) is 6.10 Å². The first-order valence-corrected chi connectivity index (χ1v) is 7.04. The van der Waals surface area contributed by atoms with Gasteiger partial charge in [-0.25, -0.2) is 0 Å². The van der Waals surface area contributed by atoms with E-state index in [4.69, 9.17) is 0 Å². The third kappa shape index (κ3) is 3.24. The molecule has 1 fully saturated rings. The topological polar surface area (TPSA) is 23.5 Å². The summed E-state index contributed by atoms with van der Waals surface area (Å²) >= 11 is 0. The van der Waals surface area contributed by atoms with E-state index in [1.807, 2.05) is 6.92 Å². The third-order valence-electron chi connectivity index (χ3n) is 4.20. The van der Waals surface area contributed by atoms with E-state index in [1.54, 1.807) is 0 Å². The zero-order valence-electron chi connectivity index (χ0n) is 11.6. The molecule has 1 aliphatic rings. The summed E-state index contributed by atoms with van der Waals surface area (Å²) in [6.07, 6.45) is 6.23. The Bertz CT molecular complexity index is 266. The number of likely N-dealkylation sites (N-methyl/N-ethyl adjacent to an activating group) is 1. The smallest absolute Gasteiger partial charge is 0.0732 e. The Labute approximate surface area is 106 Å². The van der Waals surface area contributed by atoms with Crippen molar-refractivity contribution < 1.29 is 5.11 Å². The lowest BCUT2D eigenvalue weighted by molar-refractivity contribution is -0.0282. The summed E-state index contributed by atoms with van der Waals surface area (Å²) in [5, 5.41) is 10.5. The highest BCUT2D eigenvalue weighted by molar-refractivity contribution is 5.02. The minimum absolute atomic E-state index is 0.0406. The summed E-state index contributed by atoms with van der Waals surface area (Å²) in [6, 6.07) is 0. The van der Waals surface area contributed by atoms with Gasteiger partial charge in [-0.2, -0.15) is 0 Å². The van der Waals surface area contributed by atoms with E-state index in [1.165, 1.54) is 12.8 Å². The maximum absolute atomic E-state index is 10.5. The summed E-state index contributed by atoms with van der Waals surface area (Å²) in [7, 11) is 0. The number of hydrogen-bond donors (Lipinski definition) is 1. The van der Waals surface area contributed by atoms with Gasteiger partial charge in [-0.05, 0) is 39.3 Å². The highest BCUT2D eigenvalue weighted by atomic mass is 16.3. The summed E-state index contributed by atoms with van der Waals surface area (Å²) < 4.78 is 0. The first kappa shape index (κ1) is 14.5. The molecule has 2 nitrogen and oxygen atoms in total. The average Bonchev–Trinajstić information content (AvgIpc) is 2.81. The maximum atomic E-state index is 10.5. The van der Waals surface area contributed by atoms with Crippen LogP contribution in [-0.4, -0.2) is 34.7 Å². The zero-order chi connectivity index (χ0) is 12.7. The van der Waals surface area contributed by atoms with Crippen molar-refractivity contribution in [2.45, 2.75) is 70.9 Å². The molecule has 1 N–H and O–H groups in total.